The van der Waals surface area contributed by atoms with E-state index in [1.807, 2.05) is 17.0 Å². The molecule has 6 heteroatoms. The molecule has 1 amide bonds. The first-order valence-electron chi connectivity index (χ1n) is 8.13. The maximum absolute atomic E-state index is 12.7. The summed E-state index contributed by atoms with van der Waals surface area (Å²) in [5, 5.41) is 3.33. The minimum absolute atomic E-state index is 0.126. The van der Waals surface area contributed by atoms with Crippen LogP contribution in [0.15, 0.2) is 18.3 Å². The summed E-state index contributed by atoms with van der Waals surface area (Å²) in [6.45, 7) is 7.50. The van der Waals surface area contributed by atoms with E-state index < -0.39 is 0 Å². The molecule has 3 heterocycles. The standard InChI is InChI=1S/C16H25N5O/c1-19-9-11-20(12-10-19)15-13-14(3-5-18-15)16(22)21-7-2-4-17-6-8-21/h3,5,13,17H,2,4,6-12H2,1H3. The number of aromatic nitrogens is 1. The lowest BCUT2D eigenvalue weighted by molar-refractivity contribution is 0.0766. The van der Waals surface area contributed by atoms with Crippen LogP contribution in [-0.4, -0.2) is 80.1 Å². The molecule has 2 saturated heterocycles. The first-order valence-corrected chi connectivity index (χ1v) is 8.13. The second-order valence-corrected chi connectivity index (χ2v) is 6.09. The lowest BCUT2D eigenvalue weighted by Crippen LogP contribution is -2.45. The van der Waals surface area contributed by atoms with E-state index in [1.54, 1.807) is 6.20 Å². The minimum atomic E-state index is 0.126. The highest BCUT2D eigenvalue weighted by atomic mass is 16.2. The van der Waals surface area contributed by atoms with Crippen LogP contribution in [0.1, 0.15) is 16.8 Å². The second kappa shape index (κ2) is 7.07. The van der Waals surface area contributed by atoms with Crippen LogP contribution in [0.3, 0.4) is 0 Å². The van der Waals surface area contributed by atoms with Gasteiger partial charge in [-0.2, -0.15) is 0 Å². The van der Waals surface area contributed by atoms with Crippen LogP contribution in [0, 0.1) is 0 Å². The van der Waals surface area contributed by atoms with E-state index in [0.717, 1.165) is 70.2 Å². The molecule has 0 spiro atoms. The number of carbonyl (C=O) groups is 1. The van der Waals surface area contributed by atoms with Gasteiger partial charge in [0.25, 0.3) is 5.91 Å². The van der Waals surface area contributed by atoms with Crippen LogP contribution in [0.4, 0.5) is 5.82 Å². The molecule has 3 rings (SSSR count). The summed E-state index contributed by atoms with van der Waals surface area (Å²) >= 11 is 0. The minimum Gasteiger partial charge on any atom is -0.354 e. The van der Waals surface area contributed by atoms with Gasteiger partial charge in [0.1, 0.15) is 5.82 Å². The number of hydrogen-bond donors (Lipinski definition) is 1. The predicted molar refractivity (Wildman–Crippen MR) is 87.3 cm³/mol. The fraction of sp³-hybridized carbons (Fsp3) is 0.625. The normalized spacial score (nSPS) is 20.8. The molecular formula is C16H25N5O. The molecule has 1 aromatic rings. The van der Waals surface area contributed by atoms with Gasteiger partial charge >= 0.3 is 0 Å². The van der Waals surface area contributed by atoms with Crippen LogP contribution in [0.5, 0.6) is 0 Å². The Kier molecular flexibility index (Phi) is 4.90. The Balaban J connectivity index is 1.71. The van der Waals surface area contributed by atoms with Gasteiger partial charge in [0, 0.05) is 57.6 Å². The van der Waals surface area contributed by atoms with Crippen LogP contribution in [0.25, 0.3) is 0 Å². The zero-order valence-corrected chi connectivity index (χ0v) is 13.3. The Morgan fingerprint density at radius 1 is 1.14 bits per heavy atom. The third-order valence-corrected chi connectivity index (χ3v) is 4.45. The predicted octanol–water partition coefficient (Wildman–Crippen LogP) is 0.269. The Morgan fingerprint density at radius 2 is 1.95 bits per heavy atom. The van der Waals surface area contributed by atoms with Crippen molar-refractivity contribution in [3.8, 4) is 0 Å². The highest BCUT2D eigenvalue weighted by molar-refractivity contribution is 5.94. The van der Waals surface area contributed by atoms with Gasteiger partial charge in [0.2, 0.25) is 0 Å². The van der Waals surface area contributed by atoms with E-state index in [4.69, 9.17) is 0 Å². The number of amides is 1. The van der Waals surface area contributed by atoms with Crippen LogP contribution < -0.4 is 10.2 Å². The summed E-state index contributed by atoms with van der Waals surface area (Å²) in [6, 6.07) is 3.78. The Labute approximate surface area is 132 Å². The number of nitrogens with zero attached hydrogens (tertiary/aromatic N) is 4. The van der Waals surface area contributed by atoms with Gasteiger partial charge in [0.05, 0.1) is 0 Å². The number of nitrogens with one attached hydrogen (secondary N) is 1. The van der Waals surface area contributed by atoms with Gasteiger partial charge in [-0.05, 0) is 32.1 Å². The zero-order valence-electron chi connectivity index (χ0n) is 13.3. The van der Waals surface area contributed by atoms with Crippen molar-refractivity contribution in [3.63, 3.8) is 0 Å². The van der Waals surface area contributed by atoms with Crippen molar-refractivity contribution in [1.29, 1.82) is 0 Å². The summed E-state index contributed by atoms with van der Waals surface area (Å²) in [4.78, 5) is 23.7. The fourth-order valence-corrected chi connectivity index (χ4v) is 2.99. The molecule has 0 unspecified atom stereocenters. The SMILES string of the molecule is CN1CCN(c2cc(C(=O)N3CCCNCC3)ccn2)CC1. The highest BCUT2D eigenvalue weighted by Gasteiger charge is 2.20. The molecule has 0 bridgehead atoms. The molecular weight excluding hydrogens is 278 g/mol. The zero-order chi connectivity index (χ0) is 15.4. The maximum Gasteiger partial charge on any atom is 0.254 e. The molecule has 1 aromatic heterocycles. The van der Waals surface area contributed by atoms with Crippen molar-refractivity contribution >= 4 is 11.7 Å². The van der Waals surface area contributed by atoms with Gasteiger partial charge in [-0.1, -0.05) is 0 Å². The maximum atomic E-state index is 12.7. The topological polar surface area (TPSA) is 51.7 Å². The van der Waals surface area contributed by atoms with Crippen molar-refractivity contribution in [1.82, 2.24) is 20.1 Å². The molecule has 2 fully saturated rings. The fourth-order valence-electron chi connectivity index (χ4n) is 2.99. The number of rotatable bonds is 2. The third kappa shape index (κ3) is 3.56. The number of carbonyl (C=O) groups excluding carboxylic acids is 1. The van der Waals surface area contributed by atoms with E-state index in [-0.39, 0.29) is 5.91 Å². The molecule has 0 radical (unpaired) electrons. The largest absolute Gasteiger partial charge is 0.354 e. The highest BCUT2D eigenvalue weighted by Crippen LogP contribution is 2.16. The van der Waals surface area contributed by atoms with Gasteiger partial charge < -0.3 is 20.0 Å². The molecule has 120 valence electrons. The smallest absolute Gasteiger partial charge is 0.254 e. The van der Waals surface area contributed by atoms with Crippen molar-refractivity contribution in [3.05, 3.63) is 23.9 Å². The summed E-state index contributed by atoms with van der Waals surface area (Å²) in [5.74, 6) is 1.05. The molecule has 0 aliphatic carbocycles. The average Bonchev–Trinajstić information content (AvgIpc) is 2.84. The lowest BCUT2D eigenvalue weighted by atomic mass is 10.2. The van der Waals surface area contributed by atoms with Gasteiger partial charge in [0.15, 0.2) is 0 Å². The Hall–Kier alpha value is -1.66. The van der Waals surface area contributed by atoms with E-state index in [9.17, 15) is 4.79 Å². The van der Waals surface area contributed by atoms with E-state index >= 15 is 0 Å². The first kappa shape index (κ1) is 15.2. The number of likely N-dealkylation sites (N-methyl/N-ethyl adjacent to an activating group) is 1. The van der Waals surface area contributed by atoms with Crippen LogP contribution >= 0.6 is 0 Å². The van der Waals surface area contributed by atoms with Crippen molar-refractivity contribution in [2.75, 3.05) is 64.3 Å². The second-order valence-electron chi connectivity index (χ2n) is 6.09. The molecule has 2 aliphatic heterocycles. The van der Waals surface area contributed by atoms with E-state index in [2.05, 4.69) is 27.1 Å². The summed E-state index contributed by atoms with van der Waals surface area (Å²) in [5.41, 5.74) is 0.755. The molecule has 6 nitrogen and oxygen atoms in total. The summed E-state index contributed by atoms with van der Waals surface area (Å²) in [7, 11) is 2.14. The van der Waals surface area contributed by atoms with Gasteiger partial charge in [-0.3, -0.25) is 4.79 Å². The number of pyridine rings is 1. The molecule has 22 heavy (non-hydrogen) atoms. The van der Waals surface area contributed by atoms with Crippen molar-refractivity contribution in [2.24, 2.45) is 0 Å². The molecule has 2 aliphatic rings. The average molecular weight is 303 g/mol. The summed E-state index contributed by atoms with van der Waals surface area (Å²) in [6.07, 6.45) is 2.78. The van der Waals surface area contributed by atoms with Crippen molar-refractivity contribution < 1.29 is 4.79 Å². The van der Waals surface area contributed by atoms with Gasteiger partial charge in [-0.15, -0.1) is 0 Å². The molecule has 0 aromatic carbocycles. The molecule has 0 atom stereocenters. The van der Waals surface area contributed by atoms with E-state index in [1.165, 1.54) is 0 Å². The van der Waals surface area contributed by atoms with Crippen molar-refractivity contribution in [2.45, 2.75) is 6.42 Å². The first-order chi connectivity index (χ1) is 10.7. The van der Waals surface area contributed by atoms with Crippen LogP contribution in [-0.2, 0) is 0 Å². The monoisotopic (exact) mass is 303 g/mol. The van der Waals surface area contributed by atoms with Gasteiger partial charge in [-0.25, -0.2) is 4.98 Å². The van der Waals surface area contributed by atoms with Crippen LogP contribution in [0.2, 0.25) is 0 Å². The number of hydrogen-bond acceptors (Lipinski definition) is 5. The Morgan fingerprint density at radius 3 is 2.77 bits per heavy atom. The number of anilines is 1. The summed E-state index contributed by atoms with van der Waals surface area (Å²) < 4.78 is 0. The lowest BCUT2D eigenvalue weighted by Gasteiger charge is -2.33. The quantitative estimate of drug-likeness (QED) is 0.850. The van der Waals surface area contributed by atoms with E-state index in [0.29, 0.717) is 0 Å². The molecule has 1 N–H and O–H groups in total. The third-order valence-electron chi connectivity index (χ3n) is 4.45. The number of piperazine rings is 1. The molecule has 0 saturated carbocycles. The Bertz CT molecular complexity index is 505.